The molecule has 202 valence electrons. The van der Waals surface area contributed by atoms with Gasteiger partial charge >= 0.3 is 0 Å². The van der Waals surface area contributed by atoms with Crippen LogP contribution in [0.2, 0.25) is 0 Å². The molecule has 0 amide bonds. The fourth-order valence-electron chi connectivity index (χ4n) is 6.28. The van der Waals surface area contributed by atoms with Crippen LogP contribution in [0.1, 0.15) is 49.3 Å². The Bertz CT molecular complexity index is 1850. The molecule has 42 heavy (non-hydrogen) atoms. The first-order valence-electron chi connectivity index (χ1n) is 14.3. The summed E-state index contributed by atoms with van der Waals surface area (Å²) in [6, 6.07) is 49.9. The maximum Gasteiger partial charge on any atom is 0.193 e. The molecule has 0 radical (unpaired) electrons. The van der Waals surface area contributed by atoms with Gasteiger partial charge in [0, 0.05) is 11.1 Å². The standard InChI is InChI=1S/C40H30O2/c1-27-11-15-29(16-12-27)39(41)30-17-23-33(24-18-30)42-34-25-21-32(22-26-34)40(31-19-13-28(2)14-20-31)37-9-5-3-7-35(37)36-8-4-6-10-38(36)40/h3-26H,1-2H3. The van der Waals surface area contributed by atoms with Gasteiger partial charge in [-0.25, -0.2) is 0 Å². The molecule has 0 saturated carbocycles. The summed E-state index contributed by atoms with van der Waals surface area (Å²) in [5, 5.41) is 0. The van der Waals surface area contributed by atoms with Crippen molar-refractivity contribution in [2.75, 3.05) is 0 Å². The highest BCUT2D eigenvalue weighted by Crippen LogP contribution is 2.56. The van der Waals surface area contributed by atoms with Crippen LogP contribution in [0.25, 0.3) is 11.1 Å². The third-order valence-electron chi connectivity index (χ3n) is 8.39. The number of carbonyl (C=O) groups excluding carboxylic acids is 1. The van der Waals surface area contributed by atoms with E-state index in [1.807, 2.05) is 67.6 Å². The molecule has 0 N–H and O–H groups in total. The molecule has 2 heteroatoms. The van der Waals surface area contributed by atoms with Gasteiger partial charge in [0.1, 0.15) is 11.5 Å². The van der Waals surface area contributed by atoms with Crippen LogP contribution in [0.3, 0.4) is 0 Å². The van der Waals surface area contributed by atoms with Crippen molar-refractivity contribution < 1.29 is 9.53 Å². The molecule has 0 aromatic heterocycles. The monoisotopic (exact) mass is 542 g/mol. The third kappa shape index (κ3) is 4.24. The van der Waals surface area contributed by atoms with Crippen LogP contribution in [0.15, 0.2) is 146 Å². The van der Waals surface area contributed by atoms with Gasteiger partial charge in [-0.15, -0.1) is 0 Å². The van der Waals surface area contributed by atoms with Crippen molar-refractivity contribution in [3.05, 3.63) is 190 Å². The number of aryl methyl sites for hydroxylation is 2. The van der Waals surface area contributed by atoms with Crippen LogP contribution >= 0.6 is 0 Å². The van der Waals surface area contributed by atoms with E-state index in [2.05, 4.69) is 91.9 Å². The van der Waals surface area contributed by atoms with Gasteiger partial charge < -0.3 is 4.74 Å². The average Bonchev–Trinajstić information content (AvgIpc) is 3.33. The van der Waals surface area contributed by atoms with Crippen molar-refractivity contribution >= 4 is 5.78 Å². The van der Waals surface area contributed by atoms with Crippen LogP contribution in [0.4, 0.5) is 0 Å². The molecular formula is C40H30O2. The molecule has 0 spiro atoms. The maximum atomic E-state index is 12.9. The lowest BCUT2D eigenvalue weighted by Gasteiger charge is -2.34. The van der Waals surface area contributed by atoms with E-state index in [-0.39, 0.29) is 5.78 Å². The number of benzene rings is 6. The molecule has 2 nitrogen and oxygen atoms in total. The first kappa shape index (κ1) is 25.7. The van der Waals surface area contributed by atoms with Crippen molar-refractivity contribution in [2.45, 2.75) is 19.3 Å². The minimum atomic E-state index is -0.433. The molecule has 0 saturated heterocycles. The number of hydrogen-bond donors (Lipinski definition) is 0. The summed E-state index contributed by atoms with van der Waals surface area (Å²) in [6.45, 7) is 4.14. The summed E-state index contributed by atoms with van der Waals surface area (Å²) in [5.41, 5.74) is 10.8. The van der Waals surface area contributed by atoms with Crippen LogP contribution in [0.5, 0.6) is 11.5 Å². The first-order valence-corrected chi connectivity index (χ1v) is 14.3. The van der Waals surface area contributed by atoms with E-state index in [0.717, 1.165) is 11.3 Å². The van der Waals surface area contributed by atoms with Crippen LogP contribution in [-0.2, 0) is 5.41 Å². The van der Waals surface area contributed by atoms with E-state index in [1.54, 1.807) is 0 Å². The van der Waals surface area contributed by atoms with Crippen LogP contribution in [0, 0.1) is 13.8 Å². The van der Waals surface area contributed by atoms with E-state index >= 15 is 0 Å². The molecule has 0 unspecified atom stereocenters. The molecule has 0 heterocycles. The number of ketones is 1. The van der Waals surface area contributed by atoms with Crippen molar-refractivity contribution in [3.63, 3.8) is 0 Å². The van der Waals surface area contributed by atoms with Gasteiger partial charge in [-0.2, -0.15) is 0 Å². The minimum absolute atomic E-state index is 0.00410. The number of hydrogen-bond acceptors (Lipinski definition) is 2. The molecule has 6 aromatic carbocycles. The van der Waals surface area contributed by atoms with Crippen molar-refractivity contribution in [1.82, 2.24) is 0 Å². The van der Waals surface area contributed by atoms with E-state index in [1.165, 1.54) is 38.9 Å². The van der Waals surface area contributed by atoms with Crippen LogP contribution in [-0.4, -0.2) is 5.78 Å². The summed E-state index contributed by atoms with van der Waals surface area (Å²) in [6.07, 6.45) is 0. The van der Waals surface area contributed by atoms with E-state index < -0.39 is 5.41 Å². The predicted octanol–water partition coefficient (Wildman–Crippen LogP) is 9.69. The second-order valence-electron chi connectivity index (χ2n) is 11.1. The lowest BCUT2D eigenvalue weighted by molar-refractivity contribution is 0.103. The van der Waals surface area contributed by atoms with Crippen molar-refractivity contribution in [3.8, 4) is 22.6 Å². The number of rotatable bonds is 6. The highest BCUT2D eigenvalue weighted by molar-refractivity contribution is 6.09. The second-order valence-corrected chi connectivity index (χ2v) is 11.1. The zero-order valence-corrected chi connectivity index (χ0v) is 23.7. The minimum Gasteiger partial charge on any atom is -0.457 e. The Kier molecular flexibility index (Phi) is 6.32. The lowest BCUT2D eigenvalue weighted by atomic mass is 9.67. The molecule has 0 bridgehead atoms. The molecule has 0 fully saturated rings. The zero-order valence-electron chi connectivity index (χ0n) is 23.7. The quantitative estimate of drug-likeness (QED) is 0.196. The Hall–Kier alpha value is -5.21. The highest BCUT2D eigenvalue weighted by Gasteiger charge is 2.45. The topological polar surface area (TPSA) is 26.3 Å². The summed E-state index contributed by atoms with van der Waals surface area (Å²) in [4.78, 5) is 12.9. The fraction of sp³-hybridized carbons (Fsp3) is 0.0750. The van der Waals surface area contributed by atoms with Crippen molar-refractivity contribution in [1.29, 1.82) is 0 Å². The first-order chi connectivity index (χ1) is 20.5. The van der Waals surface area contributed by atoms with Gasteiger partial charge in [0.25, 0.3) is 0 Å². The summed E-state index contributed by atoms with van der Waals surface area (Å²) in [5.74, 6) is 1.44. The largest absolute Gasteiger partial charge is 0.457 e. The Labute approximate surface area is 246 Å². The summed E-state index contributed by atoms with van der Waals surface area (Å²) >= 11 is 0. The Morgan fingerprint density at radius 2 is 0.857 bits per heavy atom. The third-order valence-corrected chi connectivity index (χ3v) is 8.39. The van der Waals surface area contributed by atoms with E-state index in [4.69, 9.17) is 4.74 Å². The van der Waals surface area contributed by atoms with Gasteiger partial charge in [0.2, 0.25) is 0 Å². The number of fused-ring (bicyclic) bond motifs is 3. The van der Waals surface area contributed by atoms with E-state index in [9.17, 15) is 4.79 Å². The van der Waals surface area contributed by atoms with Crippen LogP contribution < -0.4 is 4.74 Å². The molecule has 0 aliphatic heterocycles. The van der Waals surface area contributed by atoms with E-state index in [0.29, 0.717) is 16.9 Å². The second kappa shape index (κ2) is 10.3. The fourth-order valence-corrected chi connectivity index (χ4v) is 6.28. The molecule has 7 rings (SSSR count). The molecule has 1 aliphatic rings. The summed E-state index contributed by atoms with van der Waals surface area (Å²) < 4.78 is 6.23. The van der Waals surface area contributed by atoms with Gasteiger partial charge in [-0.1, -0.05) is 120 Å². The highest BCUT2D eigenvalue weighted by atomic mass is 16.5. The van der Waals surface area contributed by atoms with Gasteiger partial charge in [0.05, 0.1) is 5.41 Å². The summed E-state index contributed by atoms with van der Waals surface area (Å²) in [7, 11) is 0. The molecule has 1 aliphatic carbocycles. The number of ether oxygens (including phenoxy) is 1. The zero-order chi connectivity index (χ0) is 28.7. The lowest BCUT2D eigenvalue weighted by Crippen LogP contribution is -2.28. The Morgan fingerprint density at radius 3 is 1.36 bits per heavy atom. The molecule has 6 aromatic rings. The van der Waals surface area contributed by atoms with Gasteiger partial charge in [-0.05, 0) is 83.6 Å². The average molecular weight is 543 g/mol. The smallest absolute Gasteiger partial charge is 0.193 e. The Balaban J connectivity index is 1.23. The predicted molar refractivity (Wildman–Crippen MR) is 170 cm³/mol. The molecule has 0 atom stereocenters. The maximum absolute atomic E-state index is 12.9. The Morgan fingerprint density at radius 1 is 0.476 bits per heavy atom. The SMILES string of the molecule is Cc1ccc(C(=O)c2ccc(Oc3ccc(C4(c5ccc(C)cc5)c5ccccc5-c5ccccc54)cc3)cc2)cc1. The normalized spacial score (nSPS) is 12.8. The molecular weight excluding hydrogens is 512 g/mol. The van der Waals surface area contributed by atoms with Crippen molar-refractivity contribution in [2.24, 2.45) is 0 Å². The van der Waals surface area contributed by atoms with Gasteiger partial charge in [-0.3, -0.25) is 4.79 Å². The van der Waals surface area contributed by atoms with Gasteiger partial charge in [0.15, 0.2) is 5.78 Å². The number of carbonyl (C=O) groups is 1.